The molecule has 148 valence electrons. The summed E-state index contributed by atoms with van der Waals surface area (Å²) in [4.78, 5) is 9.95. The lowest BCUT2D eigenvalue weighted by Gasteiger charge is -2.20. The van der Waals surface area contributed by atoms with Gasteiger partial charge in [0.2, 0.25) is 5.89 Å². The van der Waals surface area contributed by atoms with E-state index < -0.39 is 0 Å². The molecule has 4 aromatic rings. The Morgan fingerprint density at radius 2 is 2.00 bits per heavy atom. The molecular formula is C22H22N4OS2. The highest BCUT2D eigenvalue weighted by molar-refractivity contribution is 7.18. The SMILES string of the molecule is c1ccc2sc(C3CCCN3Cc3nnc(-c4cc5c(s4)CCCC5)o3)nc2c1. The summed E-state index contributed by atoms with van der Waals surface area (Å²) in [5.74, 6) is 1.38. The van der Waals surface area contributed by atoms with E-state index in [0.29, 0.717) is 24.4 Å². The molecule has 29 heavy (non-hydrogen) atoms. The average molecular weight is 423 g/mol. The van der Waals surface area contributed by atoms with Crippen LogP contribution in [-0.2, 0) is 19.4 Å². The lowest BCUT2D eigenvalue weighted by molar-refractivity contribution is 0.224. The van der Waals surface area contributed by atoms with Crippen LogP contribution in [0.25, 0.3) is 21.0 Å². The molecule has 1 saturated heterocycles. The molecule has 1 aliphatic carbocycles. The number of likely N-dealkylation sites (tertiary alicyclic amines) is 1. The minimum absolute atomic E-state index is 0.344. The number of hydrogen-bond acceptors (Lipinski definition) is 7. The van der Waals surface area contributed by atoms with Crippen molar-refractivity contribution < 1.29 is 4.42 Å². The van der Waals surface area contributed by atoms with Gasteiger partial charge in [-0.2, -0.15) is 0 Å². The molecule has 1 aromatic carbocycles. The molecule has 0 radical (unpaired) electrons. The maximum atomic E-state index is 6.08. The van der Waals surface area contributed by atoms with Crippen molar-refractivity contribution in [1.29, 1.82) is 0 Å². The van der Waals surface area contributed by atoms with E-state index >= 15 is 0 Å². The summed E-state index contributed by atoms with van der Waals surface area (Å²) in [6, 6.07) is 11.0. The van der Waals surface area contributed by atoms with Gasteiger partial charge in [0.15, 0.2) is 0 Å². The molecule has 2 aliphatic rings. The first-order valence-electron chi connectivity index (χ1n) is 10.4. The minimum Gasteiger partial charge on any atom is -0.419 e. The second-order valence-electron chi connectivity index (χ2n) is 7.92. The van der Waals surface area contributed by atoms with Crippen LogP contribution in [0.5, 0.6) is 0 Å². The number of nitrogens with zero attached hydrogens (tertiary/aromatic N) is 4. The Labute approximate surface area is 177 Å². The number of benzene rings is 1. The molecule has 7 heteroatoms. The van der Waals surface area contributed by atoms with Gasteiger partial charge in [0.05, 0.1) is 27.7 Å². The van der Waals surface area contributed by atoms with Crippen molar-refractivity contribution in [1.82, 2.24) is 20.1 Å². The first kappa shape index (κ1) is 17.7. The van der Waals surface area contributed by atoms with Gasteiger partial charge >= 0.3 is 0 Å². The molecule has 0 bridgehead atoms. The summed E-state index contributed by atoms with van der Waals surface area (Å²) in [6.45, 7) is 1.74. The van der Waals surface area contributed by atoms with E-state index in [1.54, 1.807) is 0 Å². The Morgan fingerprint density at radius 1 is 1.07 bits per heavy atom. The van der Waals surface area contributed by atoms with Gasteiger partial charge < -0.3 is 4.42 Å². The first-order chi connectivity index (χ1) is 14.3. The van der Waals surface area contributed by atoms with Crippen LogP contribution in [0.3, 0.4) is 0 Å². The van der Waals surface area contributed by atoms with Crippen molar-refractivity contribution in [3.8, 4) is 10.8 Å². The number of rotatable bonds is 4. The summed E-state index contributed by atoms with van der Waals surface area (Å²) in [7, 11) is 0. The molecule has 4 heterocycles. The van der Waals surface area contributed by atoms with Gasteiger partial charge in [-0.3, -0.25) is 4.90 Å². The predicted octanol–water partition coefficient (Wildman–Crippen LogP) is 5.62. The van der Waals surface area contributed by atoms with Crippen molar-refractivity contribution in [3.63, 3.8) is 0 Å². The molecule has 1 aliphatic heterocycles. The highest BCUT2D eigenvalue weighted by atomic mass is 32.1. The van der Waals surface area contributed by atoms with Crippen LogP contribution >= 0.6 is 22.7 Å². The fraction of sp³-hybridized carbons (Fsp3) is 0.409. The normalized spacial score (nSPS) is 19.8. The smallest absolute Gasteiger partial charge is 0.257 e. The van der Waals surface area contributed by atoms with Crippen molar-refractivity contribution in [2.45, 2.75) is 51.1 Å². The van der Waals surface area contributed by atoms with Crippen LogP contribution in [0.1, 0.15) is 53.1 Å². The van der Waals surface area contributed by atoms with Crippen LogP contribution in [0.15, 0.2) is 34.7 Å². The van der Waals surface area contributed by atoms with E-state index in [0.717, 1.165) is 23.4 Å². The quantitative estimate of drug-likeness (QED) is 0.427. The number of aryl methyl sites for hydroxylation is 2. The van der Waals surface area contributed by atoms with E-state index in [4.69, 9.17) is 9.40 Å². The topological polar surface area (TPSA) is 55.1 Å². The Kier molecular flexibility index (Phi) is 4.47. The van der Waals surface area contributed by atoms with E-state index in [1.165, 1.54) is 52.3 Å². The molecule has 3 aromatic heterocycles. The van der Waals surface area contributed by atoms with Gasteiger partial charge in [-0.05, 0) is 68.8 Å². The maximum absolute atomic E-state index is 6.08. The maximum Gasteiger partial charge on any atom is 0.257 e. The summed E-state index contributed by atoms with van der Waals surface area (Å²) in [6.07, 6.45) is 7.28. The molecule has 0 N–H and O–H groups in total. The van der Waals surface area contributed by atoms with Crippen molar-refractivity contribution in [2.75, 3.05) is 6.54 Å². The number of hydrogen-bond donors (Lipinski definition) is 0. The van der Waals surface area contributed by atoms with Crippen LogP contribution < -0.4 is 0 Å². The van der Waals surface area contributed by atoms with Crippen molar-refractivity contribution >= 4 is 32.9 Å². The van der Waals surface area contributed by atoms with Gasteiger partial charge in [0, 0.05) is 4.88 Å². The van der Waals surface area contributed by atoms with Gasteiger partial charge in [-0.25, -0.2) is 4.98 Å². The number of thiazole rings is 1. The zero-order valence-electron chi connectivity index (χ0n) is 16.1. The molecule has 1 atom stereocenters. The molecule has 6 rings (SSSR count). The van der Waals surface area contributed by atoms with Crippen molar-refractivity contribution in [3.05, 3.63) is 51.7 Å². The van der Waals surface area contributed by atoms with Crippen LogP contribution in [0.4, 0.5) is 0 Å². The van der Waals surface area contributed by atoms with E-state index in [9.17, 15) is 0 Å². The molecule has 0 amide bonds. The standard InChI is InChI=1S/C22H22N4OS2/c1-3-9-17-14(6-1)12-19(28-17)21-25-24-20(27-21)13-26-11-5-8-16(26)22-23-15-7-2-4-10-18(15)29-22/h2,4,7,10,12,16H,1,3,5-6,8-9,11,13H2. The average Bonchev–Trinajstić information content (AvgIpc) is 3.52. The second kappa shape index (κ2) is 7.31. The largest absolute Gasteiger partial charge is 0.419 e. The second-order valence-corrected chi connectivity index (χ2v) is 10.1. The van der Waals surface area contributed by atoms with Crippen LogP contribution in [0, 0.1) is 0 Å². The van der Waals surface area contributed by atoms with E-state index in [-0.39, 0.29) is 0 Å². The monoisotopic (exact) mass is 422 g/mol. The minimum atomic E-state index is 0.344. The summed E-state index contributed by atoms with van der Waals surface area (Å²) < 4.78 is 7.34. The summed E-state index contributed by atoms with van der Waals surface area (Å²) >= 11 is 3.63. The third kappa shape index (κ3) is 3.31. The van der Waals surface area contributed by atoms with Gasteiger partial charge in [-0.1, -0.05) is 12.1 Å². The molecular weight excluding hydrogens is 400 g/mol. The van der Waals surface area contributed by atoms with E-state index in [2.05, 4.69) is 45.4 Å². The molecule has 0 saturated carbocycles. The van der Waals surface area contributed by atoms with Gasteiger partial charge in [0.25, 0.3) is 5.89 Å². The third-order valence-corrected chi connectivity index (χ3v) is 8.33. The third-order valence-electron chi connectivity index (χ3n) is 5.97. The van der Waals surface area contributed by atoms with Gasteiger partial charge in [0.1, 0.15) is 5.01 Å². The van der Waals surface area contributed by atoms with Crippen molar-refractivity contribution in [2.24, 2.45) is 0 Å². The molecule has 1 unspecified atom stereocenters. The number of thiophene rings is 1. The first-order valence-corrected chi connectivity index (χ1v) is 12.0. The van der Waals surface area contributed by atoms with Crippen LogP contribution in [0.2, 0.25) is 0 Å². The zero-order chi connectivity index (χ0) is 19.2. The fourth-order valence-electron chi connectivity index (χ4n) is 4.51. The summed E-state index contributed by atoms with van der Waals surface area (Å²) in [5, 5.41) is 9.93. The van der Waals surface area contributed by atoms with Gasteiger partial charge in [-0.15, -0.1) is 32.9 Å². The molecule has 0 spiro atoms. The molecule has 5 nitrogen and oxygen atoms in total. The Morgan fingerprint density at radius 3 is 2.93 bits per heavy atom. The number of fused-ring (bicyclic) bond motifs is 2. The molecule has 1 fully saturated rings. The van der Waals surface area contributed by atoms with E-state index in [1.807, 2.05) is 22.7 Å². The van der Waals surface area contributed by atoms with Crippen LogP contribution in [-0.4, -0.2) is 26.6 Å². The summed E-state index contributed by atoms with van der Waals surface area (Å²) in [5.41, 5.74) is 2.58. The Hall–Kier alpha value is -2.09. The fourth-order valence-corrected chi connectivity index (χ4v) is 6.83. The predicted molar refractivity (Wildman–Crippen MR) is 116 cm³/mol. The zero-order valence-corrected chi connectivity index (χ0v) is 17.8. The highest BCUT2D eigenvalue weighted by Gasteiger charge is 2.30. The number of para-hydroxylation sites is 1. The lowest BCUT2D eigenvalue weighted by atomic mass is 9.99. The lowest BCUT2D eigenvalue weighted by Crippen LogP contribution is -2.22. The number of aromatic nitrogens is 3. The highest BCUT2D eigenvalue weighted by Crippen LogP contribution is 2.38. The Balaban J connectivity index is 1.22. The Bertz CT molecular complexity index is 1100.